The number of thioether (sulfide) groups is 1. The molecule has 0 aliphatic heterocycles. The van der Waals surface area contributed by atoms with E-state index in [-0.39, 0.29) is 5.69 Å². The van der Waals surface area contributed by atoms with Gasteiger partial charge in [-0.05, 0) is 53.8 Å². The van der Waals surface area contributed by atoms with Crippen molar-refractivity contribution in [3.63, 3.8) is 0 Å². The number of imidazole rings is 1. The van der Waals surface area contributed by atoms with Gasteiger partial charge < -0.3 is 5.11 Å². The molecule has 0 fully saturated rings. The van der Waals surface area contributed by atoms with Crippen molar-refractivity contribution in [2.45, 2.75) is 4.90 Å². The van der Waals surface area contributed by atoms with Gasteiger partial charge in [-0.2, -0.15) is 0 Å². The van der Waals surface area contributed by atoms with E-state index in [1.807, 2.05) is 42.7 Å². The number of benzene rings is 3. The van der Waals surface area contributed by atoms with Crippen LogP contribution in [-0.4, -0.2) is 26.9 Å². The van der Waals surface area contributed by atoms with Crippen LogP contribution in [0.3, 0.4) is 0 Å². The van der Waals surface area contributed by atoms with E-state index in [4.69, 9.17) is 34.8 Å². The lowest BCUT2D eigenvalue weighted by molar-refractivity contribution is 0.0691. The second kappa shape index (κ2) is 8.97. The Bertz CT molecular complexity index is 1280. The molecule has 1 aromatic heterocycles. The number of halogens is 3. The van der Waals surface area contributed by atoms with Crippen LogP contribution in [0.25, 0.3) is 28.2 Å². The molecule has 0 saturated heterocycles. The van der Waals surface area contributed by atoms with Crippen LogP contribution in [0.15, 0.2) is 71.8 Å². The number of aromatic nitrogens is 2. The smallest absolute Gasteiger partial charge is 0.356 e. The molecular weight excluding hydrogens is 475 g/mol. The van der Waals surface area contributed by atoms with Crippen LogP contribution in [0, 0.1) is 0 Å². The number of hydrogen-bond acceptors (Lipinski definition) is 3. The van der Waals surface area contributed by atoms with Crippen LogP contribution in [-0.2, 0) is 0 Å². The number of carbonyl (C=O) groups is 1. The summed E-state index contributed by atoms with van der Waals surface area (Å²) in [7, 11) is 0. The van der Waals surface area contributed by atoms with Crippen LogP contribution < -0.4 is 0 Å². The molecule has 31 heavy (non-hydrogen) atoms. The molecule has 0 saturated carbocycles. The van der Waals surface area contributed by atoms with Crippen LogP contribution in [0.5, 0.6) is 0 Å². The average molecular weight is 490 g/mol. The lowest BCUT2D eigenvalue weighted by Gasteiger charge is -2.13. The topological polar surface area (TPSA) is 55.1 Å². The largest absolute Gasteiger partial charge is 0.476 e. The summed E-state index contributed by atoms with van der Waals surface area (Å²) in [4.78, 5) is 17.0. The zero-order valence-electron chi connectivity index (χ0n) is 16.1. The predicted octanol–water partition coefficient (Wildman–Crippen LogP) is 7.59. The molecule has 4 nitrogen and oxygen atoms in total. The Hall–Kier alpha value is -2.44. The van der Waals surface area contributed by atoms with Crippen molar-refractivity contribution in [3.05, 3.63) is 87.6 Å². The molecular formula is C23H15Cl3N2O2S. The van der Waals surface area contributed by atoms with Gasteiger partial charge in [0.15, 0.2) is 5.69 Å². The Morgan fingerprint density at radius 2 is 1.61 bits per heavy atom. The van der Waals surface area contributed by atoms with Crippen LogP contribution in [0.1, 0.15) is 10.5 Å². The Balaban J connectivity index is 1.87. The van der Waals surface area contributed by atoms with Crippen molar-refractivity contribution in [1.82, 2.24) is 9.55 Å². The van der Waals surface area contributed by atoms with Crippen LogP contribution in [0.4, 0.5) is 0 Å². The minimum atomic E-state index is -1.16. The maximum absolute atomic E-state index is 11.6. The second-order valence-corrected chi connectivity index (χ2v) is 8.72. The zero-order valence-corrected chi connectivity index (χ0v) is 19.2. The highest BCUT2D eigenvalue weighted by Crippen LogP contribution is 2.37. The van der Waals surface area contributed by atoms with E-state index in [0.29, 0.717) is 32.1 Å². The van der Waals surface area contributed by atoms with Crippen molar-refractivity contribution in [2.24, 2.45) is 0 Å². The first kappa shape index (κ1) is 21.8. The first-order chi connectivity index (χ1) is 14.9. The molecule has 1 heterocycles. The van der Waals surface area contributed by atoms with Gasteiger partial charge in [-0.15, -0.1) is 11.8 Å². The zero-order chi connectivity index (χ0) is 22.1. The standard InChI is InChI=1S/C23H15Cl3N2O2S/c1-31-15-5-2-4-13(10-15)14-8-9-20(18(26)11-14)28-12-19(23(29)30)27-22(28)21-16(24)6-3-7-17(21)25/h2-12H,1H3,(H,29,30). The summed E-state index contributed by atoms with van der Waals surface area (Å²) < 4.78 is 1.60. The number of nitrogens with zero attached hydrogens (tertiary/aromatic N) is 2. The number of hydrogen-bond donors (Lipinski definition) is 1. The summed E-state index contributed by atoms with van der Waals surface area (Å²) in [5.74, 6) is -0.864. The second-order valence-electron chi connectivity index (χ2n) is 6.62. The predicted molar refractivity (Wildman–Crippen MR) is 128 cm³/mol. The summed E-state index contributed by atoms with van der Waals surface area (Å²) in [6, 6.07) is 18.8. The molecule has 0 aliphatic carbocycles. The first-order valence-corrected chi connectivity index (χ1v) is 11.5. The van der Waals surface area contributed by atoms with Crippen molar-refractivity contribution in [1.29, 1.82) is 0 Å². The molecule has 0 amide bonds. The minimum Gasteiger partial charge on any atom is -0.476 e. The lowest BCUT2D eigenvalue weighted by atomic mass is 10.1. The van der Waals surface area contributed by atoms with E-state index >= 15 is 0 Å². The first-order valence-electron chi connectivity index (χ1n) is 9.10. The van der Waals surface area contributed by atoms with Gasteiger partial charge in [-0.25, -0.2) is 9.78 Å². The SMILES string of the molecule is CSc1cccc(-c2ccc(-n3cc(C(=O)O)nc3-c3c(Cl)cccc3Cl)c(Cl)c2)c1. The highest BCUT2D eigenvalue weighted by Gasteiger charge is 2.21. The van der Waals surface area contributed by atoms with Gasteiger partial charge in [0, 0.05) is 11.1 Å². The van der Waals surface area contributed by atoms with Gasteiger partial charge >= 0.3 is 5.97 Å². The van der Waals surface area contributed by atoms with Crippen molar-refractivity contribution >= 4 is 52.5 Å². The fraction of sp³-hybridized carbons (Fsp3) is 0.0435. The third kappa shape index (κ3) is 4.32. The molecule has 0 bridgehead atoms. The van der Waals surface area contributed by atoms with E-state index in [0.717, 1.165) is 16.0 Å². The van der Waals surface area contributed by atoms with E-state index in [1.54, 1.807) is 34.5 Å². The van der Waals surface area contributed by atoms with Crippen molar-refractivity contribution in [3.8, 4) is 28.2 Å². The summed E-state index contributed by atoms with van der Waals surface area (Å²) >= 11 is 21.0. The van der Waals surface area contributed by atoms with Crippen molar-refractivity contribution < 1.29 is 9.90 Å². The normalized spacial score (nSPS) is 11.0. The van der Waals surface area contributed by atoms with Crippen LogP contribution >= 0.6 is 46.6 Å². The Kier molecular flexibility index (Phi) is 6.30. The molecule has 8 heteroatoms. The molecule has 0 aliphatic rings. The maximum atomic E-state index is 11.6. The van der Waals surface area contributed by atoms with E-state index in [9.17, 15) is 9.90 Å². The third-order valence-electron chi connectivity index (χ3n) is 4.72. The van der Waals surface area contributed by atoms with E-state index < -0.39 is 5.97 Å². The molecule has 0 radical (unpaired) electrons. The monoisotopic (exact) mass is 488 g/mol. The molecule has 1 N–H and O–H groups in total. The summed E-state index contributed by atoms with van der Waals surface area (Å²) in [6.07, 6.45) is 3.43. The fourth-order valence-electron chi connectivity index (χ4n) is 3.24. The highest BCUT2D eigenvalue weighted by atomic mass is 35.5. The molecule has 0 atom stereocenters. The molecule has 0 spiro atoms. The van der Waals surface area contributed by atoms with Gasteiger partial charge in [0.25, 0.3) is 0 Å². The summed E-state index contributed by atoms with van der Waals surface area (Å²) in [5.41, 5.74) is 2.84. The molecule has 4 aromatic rings. The fourth-order valence-corrected chi connectivity index (χ4v) is 4.54. The van der Waals surface area contributed by atoms with E-state index in [1.165, 1.54) is 6.20 Å². The van der Waals surface area contributed by atoms with Gasteiger partial charge in [0.2, 0.25) is 0 Å². The third-order valence-corrected chi connectivity index (χ3v) is 6.38. The molecule has 4 rings (SSSR count). The van der Waals surface area contributed by atoms with Crippen molar-refractivity contribution in [2.75, 3.05) is 6.26 Å². The Morgan fingerprint density at radius 1 is 0.935 bits per heavy atom. The Morgan fingerprint density at radius 3 is 2.26 bits per heavy atom. The number of carboxylic acid groups (broad SMARTS) is 1. The average Bonchev–Trinajstić information content (AvgIpc) is 3.18. The lowest BCUT2D eigenvalue weighted by Crippen LogP contribution is -1.98. The van der Waals surface area contributed by atoms with Gasteiger partial charge in [0.05, 0.1) is 26.3 Å². The maximum Gasteiger partial charge on any atom is 0.356 e. The summed E-state index contributed by atoms with van der Waals surface area (Å²) in [6.45, 7) is 0. The van der Waals surface area contributed by atoms with Gasteiger partial charge in [0.1, 0.15) is 5.82 Å². The molecule has 3 aromatic carbocycles. The minimum absolute atomic E-state index is 0.140. The highest BCUT2D eigenvalue weighted by molar-refractivity contribution is 7.98. The van der Waals surface area contributed by atoms with Crippen LogP contribution in [0.2, 0.25) is 15.1 Å². The Labute approximate surface area is 198 Å². The van der Waals surface area contributed by atoms with Gasteiger partial charge in [-0.3, -0.25) is 4.57 Å². The number of rotatable bonds is 5. The quantitative estimate of drug-likeness (QED) is 0.293. The molecule has 156 valence electrons. The van der Waals surface area contributed by atoms with Gasteiger partial charge in [-0.1, -0.05) is 59.1 Å². The molecule has 0 unspecified atom stereocenters. The van der Waals surface area contributed by atoms with E-state index in [2.05, 4.69) is 11.1 Å². The number of carboxylic acids is 1. The summed E-state index contributed by atoms with van der Waals surface area (Å²) in [5, 5.41) is 10.6. The number of aromatic carboxylic acids is 1.